The van der Waals surface area contributed by atoms with Crippen LogP contribution in [0.5, 0.6) is 0 Å². The number of methoxy groups -OCH3 is 1. The molecule has 0 N–H and O–H groups in total. The summed E-state index contributed by atoms with van der Waals surface area (Å²) in [7, 11) is 1.64. The normalized spacial score (nSPS) is 11.5. The molecule has 0 saturated carbocycles. The Kier molecular flexibility index (Phi) is 5.07. The molecule has 0 fully saturated rings. The highest BCUT2D eigenvalue weighted by atomic mass is 16.5. The number of hydrogen-bond acceptors (Lipinski definition) is 3. The number of ether oxygens (including phenoxy) is 2. The molecule has 0 aromatic heterocycles. The van der Waals surface area contributed by atoms with Crippen LogP contribution < -0.4 is 0 Å². The monoisotopic (exact) mass is 160 g/mol. The van der Waals surface area contributed by atoms with Gasteiger partial charge in [0, 0.05) is 13.7 Å². The van der Waals surface area contributed by atoms with E-state index < -0.39 is 5.60 Å². The van der Waals surface area contributed by atoms with Crippen LogP contribution in [0.4, 0.5) is 0 Å². The van der Waals surface area contributed by atoms with E-state index in [1.807, 2.05) is 0 Å². The van der Waals surface area contributed by atoms with Gasteiger partial charge in [0.25, 0.3) is 0 Å². The second-order valence-electron chi connectivity index (χ2n) is 2.92. The predicted octanol–water partition coefficient (Wildman–Crippen LogP) is 1.02. The van der Waals surface area contributed by atoms with Crippen LogP contribution in [0.2, 0.25) is 0 Å². The lowest BCUT2D eigenvalue weighted by Crippen LogP contribution is -2.26. The Morgan fingerprint density at radius 3 is 2.45 bits per heavy atom. The number of carbonyl (C=O) groups excluding carboxylic acids is 1. The summed E-state index contributed by atoms with van der Waals surface area (Å²) in [6, 6.07) is 0. The number of aldehydes is 1. The molecular formula is C8H16O3. The van der Waals surface area contributed by atoms with Gasteiger partial charge in [-0.1, -0.05) is 0 Å². The van der Waals surface area contributed by atoms with Crippen LogP contribution in [0.15, 0.2) is 0 Å². The Morgan fingerprint density at radius 2 is 2.00 bits per heavy atom. The van der Waals surface area contributed by atoms with Crippen molar-refractivity contribution in [3.05, 3.63) is 0 Å². The van der Waals surface area contributed by atoms with Crippen LogP contribution >= 0.6 is 0 Å². The van der Waals surface area contributed by atoms with Crippen molar-refractivity contribution in [3.8, 4) is 0 Å². The maximum absolute atomic E-state index is 10.3. The Morgan fingerprint density at radius 1 is 1.36 bits per heavy atom. The van der Waals surface area contributed by atoms with Crippen LogP contribution in [-0.4, -0.2) is 32.2 Å². The predicted molar refractivity (Wildman–Crippen MR) is 42.6 cm³/mol. The molecule has 0 radical (unpaired) electrons. The lowest BCUT2D eigenvalue weighted by atomic mass is 10.2. The summed E-state index contributed by atoms with van der Waals surface area (Å²) >= 11 is 0. The van der Waals surface area contributed by atoms with Gasteiger partial charge >= 0.3 is 0 Å². The second kappa shape index (κ2) is 5.27. The van der Waals surface area contributed by atoms with Crippen molar-refractivity contribution < 1.29 is 14.3 Å². The molecule has 0 aliphatic carbocycles. The van der Waals surface area contributed by atoms with Gasteiger partial charge in [-0.2, -0.15) is 0 Å². The summed E-state index contributed by atoms with van der Waals surface area (Å²) in [6.07, 6.45) is 1.63. The quantitative estimate of drug-likeness (QED) is 0.430. The summed E-state index contributed by atoms with van der Waals surface area (Å²) in [5, 5.41) is 0. The minimum atomic E-state index is -0.645. The molecule has 0 bridgehead atoms. The third-order valence-electron chi connectivity index (χ3n) is 1.25. The molecule has 0 amide bonds. The van der Waals surface area contributed by atoms with Gasteiger partial charge in [0.2, 0.25) is 0 Å². The van der Waals surface area contributed by atoms with Gasteiger partial charge in [-0.3, -0.25) is 0 Å². The number of rotatable bonds is 6. The molecule has 3 nitrogen and oxygen atoms in total. The Hall–Kier alpha value is -0.410. The Balaban J connectivity index is 3.30. The first-order valence-corrected chi connectivity index (χ1v) is 3.71. The number of carbonyl (C=O) groups is 1. The van der Waals surface area contributed by atoms with E-state index in [2.05, 4.69) is 0 Å². The fourth-order valence-corrected chi connectivity index (χ4v) is 0.573. The van der Waals surface area contributed by atoms with E-state index in [9.17, 15) is 4.79 Å². The van der Waals surface area contributed by atoms with Crippen molar-refractivity contribution in [1.29, 1.82) is 0 Å². The molecule has 0 aliphatic rings. The Bertz CT molecular complexity index is 110. The van der Waals surface area contributed by atoms with E-state index in [1.165, 1.54) is 0 Å². The fourth-order valence-electron chi connectivity index (χ4n) is 0.573. The Labute approximate surface area is 67.7 Å². The summed E-state index contributed by atoms with van der Waals surface area (Å²) in [4.78, 5) is 10.3. The van der Waals surface area contributed by atoms with Gasteiger partial charge in [-0.15, -0.1) is 0 Å². The molecule has 0 atom stereocenters. The third-order valence-corrected chi connectivity index (χ3v) is 1.25. The van der Waals surface area contributed by atoms with Crippen molar-refractivity contribution in [2.75, 3.05) is 20.3 Å². The zero-order valence-corrected chi connectivity index (χ0v) is 7.42. The van der Waals surface area contributed by atoms with E-state index in [0.717, 1.165) is 12.7 Å². The summed E-state index contributed by atoms with van der Waals surface area (Å²) in [6.45, 7) is 4.73. The van der Waals surface area contributed by atoms with Crippen molar-refractivity contribution >= 4 is 6.29 Å². The van der Waals surface area contributed by atoms with Crippen molar-refractivity contribution in [2.45, 2.75) is 25.9 Å². The van der Waals surface area contributed by atoms with Crippen molar-refractivity contribution in [3.63, 3.8) is 0 Å². The highest BCUT2D eigenvalue weighted by Gasteiger charge is 2.15. The molecule has 0 rings (SSSR count). The van der Waals surface area contributed by atoms with Crippen LogP contribution in [0.1, 0.15) is 20.3 Å². The van der Waals surface area contributed by atoms with Gasteiger partial charge in [-0.05, 0) is 20.3 Å². The maximum atomic E-state index is 10.3. The van der Waals surface area contributed by atoms with Crippen LogP contribution in [-0.2, 0) is 14.3 Å². The second-order valence-corrected chi connectivity index (χ2v) is 2.92. The van der Waals surface area contributed by atoms with E-state index in [4.69, 9.17) is 9.47 Å². The van der Waals surface area contributed by atoms with Gasteiger partial charge in [0.05, 0.1) is 6.61 Å². The molecule has 3 heteroatoms. The van der Waals surface area contributed by atoms with E-state index >= 15 is 0 Å². The molecule has 0 aliphatic heterocycles. The third kappa shape index (κ3) is 6.01. The van der Waals surface area contributed by atoms with Crippen LogP contribution in [0, 0.1) is 0 Å². The van der Waals surface area contributed by atoms with E-state index in [0.29, 0.717) is 13.2 Å². The van der Waals surface area contributed by atoms with E-state index in [1.54, 1.807) is 21.0 Å². The average Bonchev–Trinajstić information content (AvgIpc) is 1.99. The summed E-state index contributed by atoms with van der Waals surface area (Å²) in [5.41, 5.74) is -0.645. The van der Waals surface area contributed by atoms with Crippen LogP contribution in [0.25, 0.3) is 0 Å². The zero-order chi connectivity index (χ0) is 8.74. The van der Waals surface area contributed by atoms with Crippen LogP contribution in [0.3, 0.4) is 0 Å². The average molecular weight is 160 g/mol. The first-order valence-electron chi connectivity index (χ1n) is 3.71. The van der Waals surface area contributed by atoms with Crippen molar-refractivity contribution in [2.24, 2.45) is 0 Å². The molecule has 66 valence electrons. The first kappa shape index (κ1) is 10.6. The highest BCUT2D eigenvalue weighted by Crippen LogP contribution is 2.04. The molecular weight excluding hydrogens is 144 g/mol. The lowest BCUT2D eigenvalue weighted by Gasteiger charge is -2.17. The molecule has 0 unspecified atom stereocenters. The molecule has 0 heterocycles. The topological polar surface area (TPSA) is 35.5 Å². The van der Waals surface area contributed by atoms with Gasteiger partial charge < -0.3 is 14.3 Å². The maximum Gasteiger partial charge on any atom is 0.151 e. The minimum Gasteiger partial charge on any atom is -0.385 e. The smallest absolute Gasteiger partial charge is 0.151 e. The summed E-state index contributed by atoms with van der Waals surface area (Å²) in [5.74, 6) is 0. The van der Waals surface area contributed by atoms with Gasteiger partial charge in [0.1, 0.15) is 5.60 Å². The highest BCUT2D eigenvalue weighted by molar-refractivity contribution is 5.60. The molecule has 0 spiro atoms. The number of hydrogen-bond donors (Lipinski definition) is 0. The standard InChI is InChI=1S/C8H16O3/c1-8(2,7-9)11-6-4-5-10-3/h7H,4-6H2,1-3H3. The fraction of sp³-hybridized carbons (Fsp3) is 0.875. The summed E-state index contributed by atoms with van der Waals surface area (Å²) < 4.78 is 10.1. The SMILES string of the molecule is COCCCOC(C)(C)C=O. The lowest BCUT2D eigenvalue weighted by molar-refractivity contribution is -0.127. The van der Waals surface area contributed by atoms with E-state index in [-0.39, 0.29) is 0 Å². The molecule has 0 aromatic carbocycles. The van der Waals surface area contributed by atoms with Crippen molar-refractivity contribution in [1.82, 2.24) is 0 Å². The first-order chi connectivity index (χ1) is 5.12. The van der Waals surface area contributed by atoms with Gasteiger partial charge in [-0.25, -0.2) is 0 Å². The largest absolute Gasteiger partial charge is 0.385 e. The zero-order valence-electron chi connectivity index (χ0n) is 7.42. The molecule has 0 saturated heterocycles. The molecule has 11 heavy (non-hydrogen) atoms. The minimum absolute atomic E-state index is 0.569. The van der Waals surface area contributed by atoms with Gasteiger partial charge in [0.15, 0.2) is 6.29 Å². The molecule has 0 aromatic rings.